The first kappa shape index (κ1) is 14.1. The number of amides is 2. The van der Waals surface area contributed by atoms with Crippen LogP contribution in [-0.4, -0.2) is 31.4 Å². The average Bonchev–Trinajstić information content (AvgIpc) is 2.83. The molecule has 2 amide bonds. The number of aromatic nitrogens is 4. The molecule has 0 radical (unpaired) electrons. The highest BCUT2D eigenvalue weighted by molar-refractivity contribution is 6.31. The largest absolute Gasteiger partial charge is 0.364 e. The Bertz CT molecular complexity index is 655. The number of primary amides is 1. The molecule has 2 rings (SSSR count). The van der Waals surface area contributed by atoms with E-state index in [1.807, 2.05) is 0 Å². The zero-order valence-electron chi connectivity index (χ0n) is 10.9. The van der Waals surface area contributed by atoms with Crippen LogP contribution in [0.5, 0.6) is 0 Å². The first-order chi connectivity index (χ1) is 9.36. The number of nitrogens with one attached hydrogen (secondary N) is 1. The fourth-order valence-electron chi connectivity index (χ4n) is 1.67. The molecule has 0 aliphatic carbocycles. The molecular weight excluding hydrogens is 284 g/mol. The summed E-state index contributed by atoms with van der Waals surface area (Å²) < 4.78 is 2.80. The zero-order chi connectivity index (χ0) is 14.9. The molecule has 0 fully saturated rings. The third-order valence-corrected chi connectivity index (χ3v) is 2.90. The van der Waals surface area contributed by atoms with Gasteiger partial charge in [-0.25, -0.2) is 0 Å². The van der Waals surface area contributed by atoms with Gasteiger partial charge < -0.3 is 11.1 Å². The van der Waals surface area contributed by atoms with Crippen molar-refractivity contribution in [1.29, 1.82) is 0 Å². The highest BCUT2D eigenvalue weighted by Crippen LogP contribution is 2.14. The van der Waals surface area contributed by atoms with Crippen molar-refractivity contribution >= 4 is 29.1 Å². The van der Waals surface area contributed by atoms with Gasteiger partial charge in [-0.3, -0.25) is 19.0 Å². The highest BCUT2D eigenvalue weighted by atomic mass is 35.5. The fourth-order valence-corrected chi connectivity index (χ4v) is 1.82. The summed E-state index contributed by atoms with van der Waals surface area (Å²) in [5.74, 6) is -1.07. The Morgan fingerprint density at radius 3 is 2.65 bits per heavy atom. The number of carbonyl (C=O) groups is 2. The topological polar surface area (TPSA) is 108 Å². The molecule has 3 N–H and O–H groups in total. The van der Waals surface area contributed by atoms with E-state index in [-0.39, 0.29) is 23.8 Å². The van der Waals surface area contributed by atoms with E-state index < -0.39 is 5.91 Å². The molecule has 0 aliphatic heterocycles. The monoisotopic (exact) mass is 296 g/mol. The van der Waals surface area contributed by atoms with Crippen LogP contribution in [0.15, 0.2) is 12.4 Å². The van der Waals surface area contributed by atoms with Crippen LogP contribution in [0.2, 0.25) is 5.02 Å². The van der Waals surface area contributed by atoms with E-state index in [0.29, 0.717) is 10.7 Å². The highest BCUT2D eigenvalue weighted by Gasteiger charge is 2.16. The number of halogens is 1. The summed E-state index contributed by atoms with van der Waals surface area (Å²) in [5, 5.41) is 11.0. The van der Waals surface area contributed by atoms with Crippen molar-refractivity contribution in [2.45, 2.75) is 13.5 Å². The lowest BCUT2D eigenvalue weighted by Crippen LogP contribution is -2.21. The van der Waals surface area contributed by atoms with Gasteiger partial charge in [0.1, 0.15) is 6.54 Å². The summed E-state index contributed by atoms with van der Waals surface area (Å²) in [5.41, 5.74) is 6.09. The number of carbonyl (C=O) groups excluding carboxylic acids is 2. The van der Waals surface area contributed by atoms with Crippen molar-refractivity contribution < 1.29 is 9.59 Å². The van der Waals surface area contributed by atoms with Gasteiger partial charge in [-0.15, -0.1) is 0 Å². The van der Waals surface area contributed by atoms with Gasteiger partial charge >= 0.3 is 0 Å². The van der Waals surface area contributed by atoms with E-state index in [4.69, 9.17) is 17.3 Å². The molecular formula is C11H13ClN6O2. The number of hydrogen-bond donors (Lipinski definition) is 2. The first-order valence-corrected chi connectivity index (χ1v) is 6.07. The number of rotatable bonds is 4. The Morgan fingerprint density at radius 1 is 1.40 bits per heavy atom. The lowest BCUT2D eigenvalue weighted by Gasteiger charge is -2.03. The van der Waals surface area contributed by atoms with Gasteiger partial charge in [0.25, 0.3) is 5.91 Å². The first-order valence-electron chi connectivity index (χ1n) is 5.69. The summed E-state index contributed by atoms with van der Waals surface area (Å²) in [6.45, 7) is 1.71. The Hall–Kier alpha value is -2.35. The Balaban J connectivity index is 2.10. The lowest BCUT2D eigenvalue weighted by atomic mass is 10.3. The average molecular weight is 297 g/mol. The van der Waals surface area contributed by atoms with Crippen LogP contribution in [0, 0.1) is 6.92 Å². The third kappa shape index (κ3) is 2.97. The van der Waals surface area contributed by atoms with Crippen LogP contribution in [0.1, 0.15) is 16.2 Å². The molecule has 0 bridgehead atoms. The number of nitrogens with two attached hydrogens (primary N) is 1. The second-order valence-electron chi connectivity index (χ2n) is 4.24. The minimum absolute atomic E-state index is 0.00975. The van der Waals surface area contributed by atoms with E-state index in [0.717, 1.165) is 0 Å². The summed E-state index contributed by atoms with van der Waals surface area (Å²) in [7, 11) is 1.62. The molecule has 0 saturated heterocycles. The Kier molecular flexibility index (Phi) is 3.75. The van der Waals surface area contributed by atoms with Crippen molar-refractivity contribution in [3.63, 3.8) is 0 Å². The normalized spacial score (nSPS) is 10.6. The Morgan fingerprint density at radius 2 is 2.10 bits per heavy atom. The summed E-state index contributed by atoms with van der Waals surface area (Å²) >= 11 is 5.85. The molecule has 0 saturated carbocycles. The maximum absolute atomic E-state index is 11.9. The van der Waals surface area contributed by atoms with Crippen molar-refractivity contribution in [3.05, 3.63) is 28.8 Å². The number of anilines is 1. The number of aryl methyl sites for hydroxylation is 2. The SMILES string of the molecule is Cc1nn(CC(=O)Nc2cn(C)nc2C(N)=O)cc1Cl. The molecule has 2 aromatic heterocycles. The van der Waals surface area contributed by atoms with Crippen LogP contribution in [0.25, 0.3) is 0 Å². The van der Waals surface area contributed by atoms with E-state index in [9.17, 15) is 9.59 Å². The third-order valence-electron chi connectivity index (χ3n) is 2.53. The molecule has 20 heavy (non-hydrogen) atoms. The minimum Gasteiger partial charge on any atom is -0.364 e. The predicted molar refractivity (Wildman–Crippen MR) is 72.3 cm³/mol. The van der Waals surface area contributed by atoms with Gasteiger partial charge in [0, 0.05) is 19.4 Å². The van der Waals surface area contributed by atoms with Crippen LogP contribution in [0.3, 0.4) is 0 Å². The van der Waals surface area contributed by atoms with Crippen molar-refractivity contribution in [1.82, 2.24) is 19.6 Å². The smallest absolute Gasteiger partial charge is 0.271 e. The van der Waals surface area contributed by atoms with Crippen LogP contribution in [-0.2, 0) is 18.4 Å². The molecule has 0 aromatic carbocycles. The molecule has 2 heterocycles. The molecule has 0 unspecified atom stereocenters. The van der Waals surface area contributed by atoms with E-state index >= 15 is 0 Å². The summed E-state index contributed by atoms with van der Waals surface area (Å²) in [6, 6.07) is 0. The second kappa shape index (κ2) is 5.33. The van der Waals surface area contributed by atoms with Gasteiger partial charge in [-0.1, -0.05) is 11.6 Å². The van der Waals surface area contributed by atoms with Crippen molar-refractivity contribution in [2.24, 2.45) is 12.8 Å². The Labute approximate surface area is 119 Å². The summed E-state index contributed by atoms with van der Waals surface area (Å²) in [6.07, 6.45) is 3.05. The molecule has 106 valence electrons. The predicted octanol–water partition coefficient (Wildman–Crippen LogP) is 0.316. The number of nitrogens with zero attached hydrogens (tertiary/aromatic N) is 4. The van der Waals surface area contributed by atoms with E-state index in [2.05, 4.69) is 15.5 Å². The van der Waals surface area contributed by atoms with E-state index in [1.165, 1.54) is 15.6 Å². The maximum Gasteiger partial charge on any atom is 0.271 e. The molecule has 0 aliphatic rings. The van der Waals surface area contributed by atoms with Crippen LogP contribution in [0.4, 0.5) is 5.69 Å². The standard InChI is InChI=1S/C11H13ClN6O2/c1-6-7(12)3-18(15-6)5-9(19)14-8-4-17(2)16-10(8)11(13)20/h3-4H,5H2,1-2H3,(H2,13,20)(H,14,19). The van der Waals surface area contributed by atoms with Gasteiger partial charge in [0.2, 0.25) is 5.91 Å². The molecule has 2 aromatic rings. The second-order valence-corrected chi connectivity index (χ2v) is 4.64. The minimum atomic E-state index is -0.709. The van der Waals surface area contributed by atoms with Gasteiger partial charge in [0.05, 0.1) is 16.4 Å². The van der Waals surface area contributed by atoms with E-state index in [1.54, 1.807) is 20.2 Å². The van der Waals surface area contributed by atoms with Crippen molar-refractivity contribution in [2.75, 3.05) is 5.32 Å². The molecule has 8 nitrogen and oxygen atoms in total. The zero-order valence-corrected chi connectivity index (χ0v) is 11.7. The molecule has 0 spiro atoms. The summed E-state index contributed by atoms with van der Waals surface area (Å²) in [4.78, 5) is 23.1. The van der Waals surface area contributed by atoms with Crippen LogP contribution < -0.4 is 11.1 Å². The van der Waals surface area contributed by atoms with Gasteiger partial charge in [0.15, 0.2) is 5.69 Å². The van der Waals surface area contributed by atoms with Crippen molar-refractivity contribution in [3.8, 4) is 0 Å². The molecule has 0 atom stereocenters. The van der Waals surface area contributed by atoms with Gasteiger partial charge in [-0.05, 0) is 6.92 Å². The fraction of sp³-hybridized carbons (Fsp3) is 0.273. The van der Waals surface area contributed by atoms with Gasteiger partial charge in [-0.2, -0.15) is 10.2 Å². The quantitative estimate of drug-likeness (QED) is 0.846. The lowest BCUT2D eigenvalue weighted by molar-refractivity contribution is -0.116. The number of hydrogen-bond acceptors (Lipinski definition) is 4. The molecule has 9 heteroatoms. The maximum atomic E-state index is 11.9. The van der Waals surface area contributed by atoms with Crippen LogP contribution >= 0.6 is 11.6 Å².